The van der Waals surface area contributed by atoms with E-state index in [1.54, 1.807) is 18.2 Å². The minimum Gasteiger partial charge on any atom is -0.548 e. The zero-order valence-corrected chi connectivity index (χ0v) is 13.7. The number of ether oxygens (including phenoxy) is 1. The maximum Gasteiger partial charge on any atom is 0.264 e. The van der Waals surface area contributed by atoms with Crippen molar-refractivity contribution in [2.45, 2.75) is 4.90 Å². The standard InChI is InChI=1S/C15H14ClNO5S/c1-22-14-8-7-11(9-13(14)16)17(10-15(18)19)23(20,21)12-5-3-2-4-6-12/h2-9H,10H2,1H3,(H,18,19)/p-1. The molecule has 2 aromatic carbocycles. The summed E-state index contributed by atoms with van der Waals surface area (Å²) < 4.78 is 31.1. The van der Waals surface area contributed by atoms with Crippen molar-refractivity contribution in [3.8, 4) is 5.75 Å². The fourth-order valence-corrected chi connectivity index (χ4v) is 3.64. The molecule has 0 aromatic heterocycles. The van der Waals surface area contributed by atoms with Crippen LogP contribution in [0.1, 0.15) is 0 Å². The first kappa shape index (κ1) is 17.1. The number of carbonyl (C=O) groups is 1. The molecule has 6 nitrogen and oxygen atoms in total. The number of methoxy groups -OCH3 is 1. The minimum atomic E-state index is -4.07. The minimum absolute atomic E-state index is 0.0341. The van der Waals surface area contributed by atoms with Crippen LogP contribution in [0.4, 0.5) is 5.69 Å². The number of carboxylic acid groups (broad SMARTS) is 1. The van der Waals surface area contributed by atoms with Gasteiger partial charge < -0.3 is 14.6 Å². The molecule has 2 aromatic rings. The van der Waals surface area contributed by atoms with Crippen LogP contribution in [-0.4, -0.2) is 28.0 Å². The third kappa shape index (κ3) is 3.75. The van der Waals surface area contributed by atoms with Crippen LogP contribution in [0.25, 0.3) is 0 Å². The van der Waals surface area contributed by atoms with Crippen molar-refractivity contribution in [1.82, 2.24) is 0 Å². The lowest BCUT2D eigenvalue weighted by Gasteiger charge is -2.25. The summed E-state index contributed by atoms with van der Waals surface area (Å²) in [5, 5.41) is 11.2. The van der Waals surface area contributed by atoms with Gasteiger partial charge in [0.2, 0.25) is 0 Å². The van der Waals surface area contributed by atoms with Crippen LogP contribution in [0, 0.1) is 0 Å². The van der Waals surface area contributed by atoms with Crippen molar-refractivity contribution >= 4 is 33.3 Å². The van der Waals surface area contributed by atoms with E-state index in [1.807, 2.05) is 0 Å². The first-order chi connectivity index (χ1) is 10.9. The van der Waals surface area contributed by atoms with Gasteiger partial charge in [0.15, 0.2) is 0 Å². The highest BCUT2D eigenvalue weighted by atomic mass is 35.5. The number of hydrogen-bond donors (Lipinski definition) is 0. The smallest absolute Gasteiger partial charge is 0.264 e. The lowest BCUT2D eigenvalue weighted by atomic mass is 10.3. The Morgan fingerprint density at radius 3 is 2.39 bits per heavy atom. The molecule has 0 saturated heterocycles. The quantitative estimate of drug-likeness (QED) is 0.780. The highest BCUT2D eigenvalue weighted by molar-refractivity contribution is 7.92. The molecule has 0 bridgehead atoms. The Hall–Kier alpha value is -2.25. The normalized spacial score (nSPS) is 11.0. The predicted molar refractivity (Wildman–Crippen MR) is 84.0 cm³/mol. The molecule has 122 valence electrons. The van der Waals surface area contributed by atoms with Gasteiger partial charge in [0.05, 0.1) is 35.2 Å². The number of nitrogens with zero attached hydrogens (tertiary/aromatic N) is 1. The maximum atomic E-state index is 12.7. The second-order valence-electron chi connectivity index (χ2n) is 4.52. The molecule has 0 atom stereocenters. The molecule has 0 heterocycles. The topological polar surface area (TPSA) is 86.7 Å². The molecule has 0 amide bonds. The summed E-state index contributed by atoms with van der Waals surface area (Å²) >= 11 is 6.00. The second kappa shape index (κ2) is 6.89. The van der Waals surface area contributed by atoms with Gasteiger partial charge in [-0.05, 0) is 30.3 Å². The van der Waals surface area contributed by atoms with Gasteiger partial charge in [-0.25, -0.2) is 8.42 Å². The average molecular weight is 355 g/mol. The third-order valence-electron chi connectivity index (χ3n) is 3.03. The summed E-state index contributed by atoms with van der Waals surface area (Å²) in [4.78, 5) is 11.0. The fraction of sp³-hybridized carbons (Fsp3) is 0.133. The van der Waals surface area contributed by atoms with E-state index in [2.05, 4.69) is 0 Å². The SMILES string of the molecule is COc1ccc(N(CC(=O)[O-])S(=O)(=O)c2ccccc2)cc1Cl. The summed E-state index contributed by atoms with van der Waals surface area (Å²) in [6.45, 7) is -0.833. The van der Waals surface area contributed by atoms with Gasteiger partial charge in [0.1, 0.15) is 5.75 Å². The van der Waals surface area contributed by atoms with E-state index in [0.29, 0.717) is 5.75 Å². The molecule has 0 aliphatic rings. The van der Waals surface area contributed by atoms with Crippen LogP contribution in [-0.2, 0) is 14.8 Å². The Kier molecular flexibility index (Phi) is 5.12. The Balaban J connectivity index is 2.54. The van der Waals surface area contributed by atoms with E-state index in [1.165, 1.54) is 37.4 Å². The number of aliphatic carboxylic acids is 1. The summed E-state index contributed by atoms with van der Waals surface area (Å²) in [7, 11) is -2.66. The zero-order valence-electron chi connectivity index (χ0n) is 12.1. The monoisotopic (exact) mass is 354 g/mol. The predicted octanol–water partition coefficient (Wildman–Crippen LogP) is 1.29. The van der Waals surface area contributed by atoms with E-state index in [-0.39, 0.29) is 15.6 Å². The van der Waals surface area contributed by atoms with Crippen molar-refractivity contribution in [3.05, 3.63) is 53.6 Å². The van der Waals surface area contributed by atoms with E-state index >= 15 is 0 Å². The van der Waals surface area contributed by atoms with Crippen LogP contribution in [0.15, 0.2) is 53.4 Å². The van der Waals surface area contributed by atoms with E-state index in [4.69, 9.17) is 16.3 Å². The molecule has 0 aliphatic carbocycles. The Labute approximate surface area is 138 Å². The van der Waals surface area contributed by atoms with Gasteiger partial charge in [-0.1, -0.05) is 29.8 Å². The molecular weight excluding hydrogens is 342 g/mol. The molecule has 0 fully saturated rings. The van der Waals surface area contributed by atoms with E-state index < -0.39 is 22.5 Å². The first-order valence-corrected chi connectivity index (χ1v) is 8.29. The fourth-order valence-electron chi connectivity index (χ4n) is 1.96. The van der Waals surface area contributed by atoms with Crippen molar-refractivity contribution in [3.63, 3.8) is 0 Å². The largest absolute Gasteiger partial charge is 0.548 e. The Morgan fingerprint density at radius 2 is 1.87 bits per heavy atom. The summed E-state index contributed by atoms with van der Waals surface area (Å²) in [6.07, 6.45) is 0. The lowest BCUT2D eigenvalue weighted by Crippen LogP contribution is -2.41. The third-order valence-corrected chi connectivity index (χ3v) is 5.11. The number of carboxylic acids is 1. The molecule has 0 radical (unpaired) electrons. The summed E-state index contributed by atoms with van der Waals surface area (Å²) in [6, 6.07) is 11.7. The second-order valence-corrected chi connectivity index (χ2v) is 6.79. The van der Waals surface area contributed by atoms with Gasteiger partial charge in [0.25, 0.3) is 10.0 Å². The highest BCUT2D eigenvalue weighted by Crippen LogP contribution is 2.31. The number of halogens is 1. The molecule has 2 rings (SSSR count). The number of anilines is 1. The van der Waals surface area contributed by atoms with Crippen LogP contribution in [0.3, 0.4) is 0 Å². The lowest BCUT2D eigenvalue weighted by molar-refractivity contribution is -0.303. The summed E-state index contributed by atoms with van der Waals surface area (Å²) in [5.74, 6) is -1.18. The molecular formula is C15H13ClNO5S-. The molecule has 0 N–H and O–H groups in total. The molecule has 0 unspecified atom stereocenters. The Morgan fingerprint density at radius 1 is 1.22 bits per heavy atom. The highest BCUT2D eigenvalue weighted by Gasteiger charge is 2.25. The number of carbonyl (C=O) groups excluding carboxylic acids is 1. The van der Waals surface area contributed by atoms with Crippen LogP contribution in [0.5, 0.6) is 5.75 Å². The van der Waals surface area contributed by atoms with Gasteiger partial charge >= 0.3 is 0 Å². The van der Waals surface area contributed by atoms with Crippen molar-refractivity contribution in [2.75, 3.05) is 18.0 Å². The number of rotatable bonds is 6. The summed E-state index contributed by atoms with van der Waals surface area (Å²) in [5.41, 5.74) is 0.101. The van der Waals surface area contributed by atoms with Crippen LogP contribution < -0.4 is 14.1 Å². The van der Waals surface area contributed by atoms with E-state index in [9.17, 15) is 18.3 Å². The molecule has 8 heteroatoms. The van der Waals surface area contributed by atoms with Gasteiger partial charge in [-0.15, -0.1) is 0 Å². The number of hydrogen-bond acceptors (Lipinski definition) is 5. The van der Waals surface area contributed by atoms with Crippen molar-refractivity contribution in [2.24, 2.45) is 0 Å². The van der Waals surface area contributed by atoms with Gasteiger partial charge in [-0.2, -0.15) is 0 Å². The maximum absolute atomic E-state index is 12.7. The van der Waals surface area contributed by atoms with Crippen LogP contribution >= 0.6 is 11.6 Å². The number of sulfonamides is 1. The zero-order chi connectivity index (χ0) is 17.0. The van der Waals surface area contributed by atoms with Crippen molar-refractivity contribution < 1.29 is 23.1 Å². The molecule has 23 heavy (non-hydrogen) atoms. The average Bonchev–Trinajstić information content (AvgIpc) is 2.53. The molecule has 0 saturated carbocycles. The molecule has 0 spiro atoms. The molecule has 0 aliphatic heterocycles. The van der Waals surface area contributed by atoms with Crippen molar-refractivity contribution in [1.29, 1.82) is 0 Å². The van der Waals surface area contributed by atoms with Crippen LogP contribution in [0.2, 0.25) is 5.02 Å². The van der Waals surface area contributed by atoms with Gasteiger partial charge in [-0.3, -0.25) is 4.31 Å². The Bertz CT molecular complexity index is 808. The van der Waals surface area contributed by atoms with E-state index in [0.717, 1.165) is 4.31 Å². The first-order valence-electron chi connectivity index (χ1n) is 6.47. The number of benzene rings is 2. The van der Waals surface area contributed by atoms with Gasteiger partial charge in [0, 0.05) is 0 Å².